The summed E-state index contributed by atoms with van der Waals surface area (Å²) in [5.41, 5.74) is -0.0491. The highest BCUT2D eigenvalue weighted by Gasteiger charge is 2.33. The second kappa shape index (κ2) is 4.46. The van der Waals surface area contributed by atoms with Crippen molar-refractivity contribution in [3.8, 4) is 0 Å². The monoisotopic (exact) mass is 186 g/mol. The third-order valence-corrected chi connectivity index (χ3v) is 2.85. The zero-order valence-corrected chi connectivity index (χ0v) is 8.10. The average molecular weight is 186 g/mol. The summed E-state index contributed by atoms with van der Waals surface area (Å²) in [6, 6.07) is -0.167. The molecule has 76 valence electrons. The maximum absolute atomic E-state index is 10.9. The quantitative estimate of drug-likeness (QED) is 0.600. The van der Waals surface area contributed by atoms with Crippen LogP contribution in [0.25, 0.3) is 0 Å². The molecule has 1 saturated carbocycles. The van der Waals surface area contributed by atoms with Crippen molar-refractivity contribution in [2.45, 2.75) is 25.7 Å². The molecule has 0 aliphatic heterocycles. The van der Waals surface area contributed by atoms with E-state index in [1.165, 1.54) is 0 Å². The van der Waals surface area contributed by atoms with Gasteiger partial charge in [-0.05, 0) is 12.8 Å². The first kappa shape index (κ1) is 10.3. The van der Waals surface area contributed by atoms with Crippen LogP contribution in [-0.4, -0.2) is 31.3 Å². The molecule has 0 aromatic heterocycles. The van der Waals surface area contributed by atoms with E-state index in [2.05, 4.69) is 10.6 Å². The van der Waals surface area contributed by atoms with Gasteiger partial charge in [0.15, 0.2) is 0 Å². The molecule has 0 saturated heterocycles. The largest absolute Gasteiger partial charge is 0.396 e. The topological polar surface area (TPSA) is 61.4 Å². The number of rotatable bonds is 3. The second-order valence-corrected chi connectivity index (χ2v) is 3.80. The van der Waals surface area contributed by atoms with Crippen molar-refractivity contribution >= 4 is 6.03 Å². The highest BCUT2D eigenvalue weighted by atomic mass is 16.3. The Kier molecular flexibility index (Phi) is 3.54. The summed E-state index contributed by atoms with van der Waals surface area (Å²) in [6.45, 7) is 0.764. The molecular weight excluding hydrogens is 168 g/mol. The number of carbonyl (C=O) groups excluding carboxylic acids is 1. The van der Waals surface area contributed by atoms with E-state index >= 15 is 0 Å². The van der Waals surface area contributed by atoms with Crippen LogP contribution in [-0.2, 0) is 0 Å². The van der Waals surface area contributed by atoms with Gasteiger partial charge in [0.25, 0.3) is 0 Å². The summed E-state index contributed by atoms with van der Waals surface area (Å²) in [5.74, 6) is 0. The van der Waals surface area contributed by atoms with E-state index in [0.717, 1.165) is 25.7 Å². The fourth-order valence-electron chi connectivity index (χ4n) is 1.87. The molecule has 1 fully saturated rings. The SMILES string of the molecule is CNC(=O)NCC1(CO)CCCC1. The number of aliphatic hydroxyl groups excluding tert-OH is 1. The van der Waals surface area contributed by atoms with Crippen LogP contribution in [0.4, 0.5) is 4.79 Å². The zero-order chi connectivity index (χ0) is 9.73. The Morgan fingerprint density at radius 1 is 1.46 bits per heavy atom. The van der Waals surface area contributed by atoms with Crippen molar-refractivity contribution in [1.29, 1.82) is 0 Å². The summed E-state index contributed by atoms with van der Waals surface area (Å²) in [4.78, 5) is 10.9. The molecule has 0 radical (unpaired) electrons. The average Bonchev–Trinajstić information content (AvgIpc) is 2.63. The third-order valence-electron chi connectivity index (χ3n) is 2.85. The van der Waals surface area contributed by atoms with Crippen LogP contribution < -0.4 is 10.6 Å². The van der Waals surface area contributed by atoms with Crippen LogP contribution in [0.15, 0.2) is 0 Å². The lowest BCUT2D eigenvalue weighted by atomic mass is 9.87. The maximum atomic E-state index is 10.9. The maximum Gasteiger partial charge on any atom is 0.314 e. The lowest BCUT2D eigenvalue weighted by Gasteiger charge is -2.26. The van der Waals surface area contributed by atoms with Crippen LogP contribution in [0, 0.1) is 5.41 Å². The summed E-state index contributed by atoms with van der Waals surface area (Å²) in [6.07, 6.45) is 4.37. The van der Waals surface area contributed by atoms with Gasteiger partial charge in [0, 0.05) is 19.0 Å². The van der Waals surface area contributed by atoms with E-state index in [4.69, 9.17) is 0 Å². The number of hydrogen-bond donors (Lipinski definition) is 3. The number of nitrogens with one attached hydrogen (secondary N) is 2. The lowest BCUT2D eigenvalue weighted by Crippen LogP contribution is -2.41. The molecule has 0 unspecified atom stereocenters. The predicted octanol–water partition coefficient (Wildman–Crippen LogP) is 0.468. The number of amides is 2. The Labute approximate surface area is 78.7 Å². The van der Waals surface area contributed by atoms with E-state index in [1.54, 1.807) is 7.05 Å². The van der Waals surface area contributed by atoms with Gasteiger partial charge in [-0.15, -0.1) is 0 Å². The summed E-state index contributed by atoms with van der Waals surface area (Å²) < 4.78 is 0. The molecule has 13 heavy (non-hydrogen) atoms. The first-order valence-corrected chi connectivity index (χ1v) is 4.79. The van der Waals surface area contributed by atoms with Crippen molar-refractivity contribution in [3.63, 3.8) is 0 Å². The summed E-state index contributed by atoms with van der Waals surface area (Å²) >= 11 is 0. The van der Waals surface area contributed by atoms with Crippen molar-refractivity contribution in [2.24, 2.45) is 5.41 Å². The molecule has 4 heteroatoms. The Balaban J connectivity index is 2.35. The number of urea groups is 1. The van der Waals surface area contributed by atoms with Crippen molar-refractivity contribution in [1.82, 2.24) is 10.6 Å². The van der Waals surface area contributed by atoms with Gasteiger partial charge in [0.1, 0.15) is 0 Å². The van der Waals surface area contributed by atoms with Gasteiger partial charge in [-0.3, -0.25) is 0 Å². The highest BCUT2D eigenvalue weighted by molar-refractivity contribution is 5.73. The van der Waals surface area contributed by atoms with E-state index in [-0.39, 0.29) is 18.1 Å². The van der Waals surface area contributed by atoms with E-state index < -0.39 is 0 Å². The van der Waals surface area contributed by atoms with Gasteiger partial charge in [0.05, 0.1) is 6.61 Å². The normalized spacial score (nSPS) is 19.8. The van der Waals surface area contributed by atoms with Crippen LogP contribution >= 0.6 is 0 Å². The molecule has 0 spiro atoms. The Bertz CT molecular complexity index is 176. The fraction of sp³-hybridized carbons (Fsp3) is 0.889. The molecule has 0 bridgehead atoms. The van der Waals surface area contributed by atoms with Gasteiger partial charge >= 0.3 is 6.03 Å². The van der Waals surface area contributed by atoms with Gasteiger partial charge in [0.2, 0.25) is 0 Å². The van der Waals surface area contributed by atoms with Crippen LogP contribution in [0.2, 0.25) is 0 Å². The van der Waals surface area contributed by atoms with Crippen molar-refractivity contribution in [3.05, 3.63) is 0 Å². The fourth-order valence-corrected chi connectivity index (χ4v) is 1.87. The second-order valence-electron chi connectivity index (χ2n) is 3.80. The number of hydrogen-bond acceptors (Lipinski definition) is 2. The number of carbonyl (C=O) groups is 1. The lowest BCUT2D eigenvalue weighted by molar-refractivity contribution is 0.130. The molecule has 1 aliphatic rings. The minimum atomic E-state index is -0.167. The van der Waals surface area contributed by atoms with Crippen molar-refractivity contribution in [2.75, 3.05) is 20.2 Å². The Morgan fingerprint density at radius 2 is 2.08 bits per heavy atom. The minimum absolute atomic E-state index is 0.0491. The molecule has 0 atom stereocenters. The smallest absolute Gasteiger partial charge is 0.314 e. The third kappa shape index (κ3) is 2.59. The van der Waals surface area contributed by atoms with E-state index in [9.17, 15) is 9.90 Å². The molecule has 0 heterocycles. The first-order valence-electron chi connectivity index (χ1n) is 4.79. The Hall–Kier alpha value is -0.770. The standard InChI is InChI=1S/C9H18N2O2/c1-10-8(13)11-6-9(7-12)4-2-3-5-9/h12H,2-7H2,1H3,(H2,10,11,13). The van der Waals surface area contributed by atoms with Crippen LogP contribution in [0.5, 0.6) is 0 Å². The molecule has 2 amide bonds. The van der Waals surface area contributed by atoms with Crippen LogP contribution in [0.3, 0.4) is 0 Å². The molecule has 0 aromatic rings. The molecular formula is C9H18N2O2. The van der Waals surface area contributed by atoms with Crippen molar-refractivity contribution < 1.29 is 9.90 Å². The first-order chi connectivity index (χ1) is 6.22. The molecule has 4 nitrogen and oxygen atoms in total. The van der Waals surface area contributed by atoms with E-state index in [1.807, 2.05) is 0 Å². The van der Waals surface area contributed by atoms with Gasteiger partial charge in [-0.2, -0.15) is 0 Å². The molecule has 1 rings (SSSR count). The van der Waals surface area contributed by atoms with Crippen LogP contribution in [0.1, 0.15) is 25.7 Å². The van der Waals surface area contributed by atoms with Gasteiger partial charge in [-0.25, -0.2) is 4.79 Å². The highest BCUT2D eigenvalue weighted by Crippen LogP contribution is 2.36. The molecule has 1 aliphatic carbocycles. The zero-order valence-electron chi connectivity index (χ0n) is 8.10. The minimum Gasteiger partial charge on any atom is -0.396 e. The number of aliphatic hydroxyl groups is 1. The molecule has 3 N–H and O–H groups in total. The summed E-state index contributed by atoms with van der Waals surface area (Å²) in [7, 11) is 1.59. The Morgan fingerprint density at radius 3 is 2.54 bits per heavy atom. The van der Waals surface area contributed by atoms with Gasteiger partial charge in [-0.1, -0.05) is 12.8 Å². The molecule has 0 aromatic carbocycles. The van der Waals surface area contributed by atoms with Gasteiger partial charge < -0.3 is 15.7 Å². The predicted molar refractivity (Wildman–Crippen MR) is 50.4 cm³/mol. The summed E-state index contributed by atoms with van der Waals surface area (Å²) in [5, 5.41) is 14.5. The van der Waals surface area contributed by atoms with E-state index in [0.29, 0.717) is 6.54 Å².